The topological polar surface area (TPSA) is 108 Å². The van der Waals surface area contributed by atoms with E-state index >= 15 is 0 Å². The number of carbonyl (C=O) groups excluding carboxylic acids is 1. The number of fused-ring (bicyclic) bond motifs is 2. The van der Waals surface area contributed by atoms with Crippen molar-refractivity contribution in [2.24, 2.45) is 7.05 Å². The van der Waals surface area contributed by atoms with Crippen LogP contribution >= 0.6 is 0 Å². The van der Waals surface area contributed by atoms with Crippen LogP contribution in [0.3, 0.4) is 0 Å². The van der Waals surface area contributed by atoms with Crippen LogP contribution in [-0.2, 0) is 20.0 Å². The van der Waals surface area contributed by atoms with Gasteiger partial charge in [0, 0.05) is 32.2 Å². The molecule has 3 aromatic heterocycles. The largest absolute Gasteiger partial charge is 0.457 e. The van der Waals surface area contributed by atoms with Gasteiger partial charge in [-0.25, -0.2) is 9.50 Å². The maximum absolute atomic E-state index is 13.3. The minimum atomic E-state index is -3.06. The molecule has 1 aliphatic rings. The van der Waals surface area contributed by atoms with Gasteiger partial charge in [-0.15, -0.1) is 0 Å². The molecule has 0 saturated heterocycles. The summed E-state index contributed by atoms with van der Waals surface area (Å²) in [5.41, 5.74) is 3.76. The number of halogens is 2. The van der Waals surface area contributed by atoms with Crippen molar-refractivity contribution in [3.63, 3.8) is 0 Å². The van der Waals surface area contributed by atoms with Crippen LogP contribution in [0.1, 0.15) is 21.5 Å². The molecule has 4 heterocycles. The van der Waals surface area contributed by atoms with Crippen LogP contribution in [0, 0.1) is 0 Å². The van der Waals surface area contributed by atoms with Gasteiger partial charge < -0.3 is 20.1 Å². The van der Waals surface area contributed by atoms with Crippen molar-refractivity contribution in [3.8, 4) is 28.5 Å². The molecule has 0 aliphatic carbocycles. The first-order chi connectivity index (χ1) is 18.9. The van der Waals surface area contributed by atoms with Gasteiger partial charge in [-0.2, -0.15) is 19.0 Å². The number of aryl methyl sites for hydroxylation is 1. The van der Waals surface area contributed by atoms with Crippen molar-refractivity contribution in [1.82, 2.24) is 29.7 Å². The maximum Gasteiger partial charge on any atom is 0.387 e. The molecule has 2 N–H and O–H groups in total. The fraction of sp³-hybridized carbons (Fsp3) is 0.185. The molecule has 5 aromatic rings. The summed E-state index contributed by atoms with van der Waals surface area (Å²) in [4.78, 5) is 17.4. The lowest BCUT2D eigenvalue weighted by Gasteiger charge is -2.18. The van der Waals surface area contributed by atoms with Gasteiger partial charge in [-0.1, -0.05) is 6.07 Å². The Morgan fingerprint density at radius 2 is 2.00 bits per heavy atom. The van der Waals surface area contributed by atoms with Crippen molar-refractivity contribution in [1.29, 1.82) is 0 Å². The van der Waals surface area contributed by atoms with Gasteiger partial charge >= 0.3 is 6.61 Å². The van der Waals surface area contributed by atoms with Gasteiger partial charge in [-0.05, 0) is 60.5 Å². The average Bonchev–Trinajstić information content (AvgIpc) is 3.52. The molecule has 12 heteroatoms. The van der Waals surface area contributed by atoms with E-state index in [0.717, 1.165) is 25.1 Å². The highest BCUT2D eigenvalue weighted by Crippen LogP contribution is 2.39. The molecular formula is C27H23F2N7O3. The minimum Gasteiger partial charge on any atom is -0.457 e. The zero-order chi connectivity index (χ0) is 26.9. The molecule has 10 nitrogen and oxygen atoms in total. The van der Waals surface area contributed by atoms with E-state index in [1.807, 2.05) is 18.2 Å². The summed E-state index contributed by atoms with van der Waals surface area (Å²) in [6.07, 6.45) is 7.15. The molecule has 0 radical (unpaired) electrons. The molecule has 0 saturated carbocycles. The van der Waals surface area contributed by atoms with Crippen molar-refractivity contribution >= 4 is 17.2 Å². The second-order valence-electron chi connectivity index (χ2n) is 8.96. The van der Waals surface area contributed by atoms with E-state index in [2.05, 4.69) is 25.8 Å². The minimum absolute atomic E-state index is 0.112. The molecule has 1 amide bonds. The van der Waals surface area contributed by atoms with Gasteiger partial charge in [0.15, 0.2) is 5.65 Å². The Kier molecular flexibility index (Phi) is 6.37. The summed E-state index contributed by atoms with van der Waals surface area (Å²) in [7, 11) is 1.66. The lowest BCUT2D eigenvalue weighted by molar-refractivity contribution is -0.0494. The molecule has 2 aromatic carbocycles. The van der Waals surface area contributed by atoms with Crippen LogP contribution in [-0.4, -0.2) is 43.4 Å². The van der Waals surface area contributed by atoms with Crippen LogP contribution in [0.5, 0.6) is 17.2 Å². The number of benzene rings is 2. The number of hydrogen-bond acceptors (Lipinski definition) is 7. The van der Waals surface area contributed by atoms with Gasteiger partial charge in [0.2, 0.25) is 0 Å². The number of hydrogen-bond donors (Lipinski definition) is 2. The summed E-state index contributed by atoms with van der Waals surface area (Å²) in [5.74, 6) is 0.411. The number of aromatic nitrogens is 5. The van der Waals surface area contributed by atoms with Crippen LogP contribution in [0.2, 0.25) is 0 Å². The molecule has 0 spiro atoms. The van der Waals surface area contributed by atoms with E-state index in [-0.39, 0.29) is 28.3 Å². The van der Waals surface area contributed by atoms with Gasteiger partial charge in [0.1, 0.15) is 28.5 Å². The van der Waals surface area contributed by atoms with E-state index in [0.29, 0.717) is 17.1 Å². The SMILES string of the molecule is Cn1cc(NC(=O)c2cnn3cccnc23)c(-c2cc(Oc3ccc4c(c3)CNCC4)ccc2OC(F)F)n1. The molecule has 39 heavy (non-hydrogen) atoms. The zero-order valence-electron chi connectivity index (χ0n) is 20.8. The Hall–Kier alpha value is -4.84. The second-order valence-corrected chi connectivity index (χ2v) is 8.96. The van der Waals surface area contributed by atoms with E-state index in [1.165, 1.54) is 27.0 Å². The predicted molar refractivity (Wildman–Crippen MR) is 138 cm³/mol. The standard InChI is InChI=1S/C27H23F2N7O3/c1-35-15-22(33-26(37)21-14-32-36-10-2-8-31-25(21)36)24(34-35)20-12-19(5-6-23(20)39-27(28)29)38-18-4-3-16-7-9-30-13-17(16)11-18/h2-6,8,10-12,14-15,27,30H,7,9,13H2,1H3,(H,33,37). The molecular weight excluding hydrogens is 508 g/mol. The van der Waals surface area contributed by atoms with E-state index in [4.69, 9.17) is 9.47 Å². The van der Waals surface area contributed by atoms with Crippen LogP contribution < -0.4 is 20.1 Å². The first-order valence-corrected chi connectivity index (χ1v) is 12.2. The third-order valence-electron chi connectivity index (χ3n) is 6.32. The number of nitrogens with zero attached hydrogens (tertiary/aromatic N) is 5. The molecule has 0 bridgehead atoms. The lowest BCUT2D eigenvalue weighted by Crippen LogP contribution is -2.23. The predicted octanol–water partition coefficient (Wildman–Crippen LogP) is 4.42. The third kappa shape index (κ3) is 5.01. The zero-order valence-corrected chi connectivity index (χ0v) is 20.8. The third-order valence-corrected chi connectivity index (χ3v) is 6.32. The number of nitrogens with one attached hydrogen (secondary N) is 2. The number of carbonyl (C=O) groups is 1. The lowest BCUT2D eigenvalue weighted by atomic mass is 10.0. The van der Waals surface area contributed by atoms with Crippen molar-refractivity contribution in [2.75, 3.05) is 11.9 Å². The highest BCUT2D eigenvalue weighted by molar-refractivity contribution is 6.09. The highest BCUT2D eigenvalue weighted by Gasteiger charge is 2.22. The quantitative estimate of drug-likeness (QED) is 0.320. The fourth-order valence-corrected chi connectivity index (χ4v) is 4.57. The first kappa shape index (κ1) is 24.5. The smallest absolute Gasteiger partial charge is 0.387 e. The second kappa shape index (κ2) is 10.1. The number of rotatable bonds is 7. The Labute approximate surface area is 221 Å². The average molecular weight is 532 g/mol. The number of amides is 1. The molecule has 1 aliphatic heterocycles. The van der Waals surface area contributed by atoms with Crippen molar-refractivity contribution in [2.45, 2.75) is 19.6 Å². The number of alkyl halides is 2. The molecule has 6 rings (SSSR count). The molecule has 0 fully saturated rings. The summed E-state index contributed by atoms with van der Waals surface area (Å²) in [5, 5.41) is 14.7. The Bertz CT molecular complexity index is 1680. The monoisotopic (exact) mass is 531 g/mol. The van der Waals surface area contributed by atoms with Gasteiger partial charge in [-0.3, -0.25) is 9.48 Å². The van der Waals surface area contributed by atoms with E-state index < -0.39 is 12.5 Å². The van der Waals surface area contributed by atoms with Gasteiger partial charge in [0.25, 0.3) is 5.91 Å². The van der Waals surface area contributed by atoms with E-state index in [9.17, 15) is 13.6 Å². The maximum atomic E-state index is 13.3. The summed E-state index contributed by atoms with van der Waals surface area (Å²) >= 11 is 0. The van der Waals surface area contributed by atoms with E-state index in [1.54, 1.807) is 43.8 Å². The van der Waals surface area contributed by atoms with Crippen LogP contribution in [0.25, 0.3) is 16.9 Å². The molecule has 0 atom stereocenters. The summed E-state index contributed by atoms with van der Waals surface area (Å²) < 4.78 is 40.4. The summed E-state index contributed by atoms with van der Waals surface area (Å²) in [6.45, 7) is -1.38. The Balaban J connectivity index is 1.34. The molecule has 198 valence electrons. The number of ether oxygens (including phenoxy) is 2. The molecule has 0 unspecified atom stereocenters. The van der Waals surface area contributed by atoms with Crippen LogP contribution in [0.15, 0.2) is 67.3 Å². The Morgan fingerprint density at radius 1 is 1.15 bits per heavy atom. The normalized spacial score (nSPS) is 12.9. The first-order valence-electron chi connectivity index (χ1n) is 12.2. The summed E-state index contributed by atoms with van der Waals surface area (Å²) in [6, 6.07) is 12.1. The van der Waals surface area contributed by atoms with Crippen LogP contribution in [0.4, 0.5) is 14.5 Å². The highest BCUT2D eigenvalue weighted by atomic mass is 19.3. The number of anilines is 1. The Morgan fingerprint density at radius 3 is 2.87 bits per heavy atom. The van der Waals surface area contributed by atoms with Crippen molar-refractivity contribution < 1.29 is 23.0 Å². The fourth-order valence-electron chi connectivity index (χ4n) is 4.57. The van der Waals surface area contributed by atoms with Crippen molar-refractivity contribution in [3.05, 3.63) is 83.9 Å². The van der Waals surface area contributed by atoms with Gasteiger partial charge in [0.05, 0.1) is 17.4 Å².